The number of carbonyl (C=O) groups is 3. The fourth-order valence-corrected chi connectivity index (χ4v) is 4.55. The third kappa shape index (κ3) is 5.55. The number of Topliss-reactive ketones (excluding diaryl/α,β-unsaturated/α-hetero) is 1. The number of amides is 1. The number of aryl methyl sites for hydroxylation is 1. The van der Waals surface area contributed by atoms with Crippen LogP contribution in [0.2, 0.25) is 10.0 Å². The Bertz CT molecular complexity index is 1400. The van der Waals surface area contributed by atoms with Gasteiger partial charge in [0.15, 0.2) is 0 Å². The number of hydrogen-bond acceptors (Lipinski definition) is 5. The summed E-state index contributed by atoms with van der Waals surface area (Å²) in [6.07, 6.45) is 0.722. The van der Waals surface area contributed by atoms with Gasteiger partial charge in [-0.2, -0.15) is 0 Å². The van der Waals surface area contributed by atoms with Gasteiger partial charge < -0.3 is 14.7 Å². The van der Waals surface area contributed by atoms with Gasteiger partial charge in [-0.1, -0.05) is 72.1 Å². The Balaban J connectivity index is 1.75. The van der Waals surface area contributed by atoms with Crippen LogP contribution in [0.4, 0.5) is 0 Å². The maximum absolute atomic E-state index is 13.3. The molecule has 37 heavy (non-hydrogen) atoms. The summed E-state index contributed by atoms with van der Waals surface area (Å²) in [4.78, 5) is 40.1. The second kappa shape index (κ2) is 11.2. The summed E-state index contributed by atoms with van der Waals surface area (Å²) in [5.74, 6) is -2.29. The summed E-state index contributed by atoms with van der Waals surface area (Å²) in [7, 11) is 0. The van der Waals surface area contributed by atoms with Crippen LogP contribution in [-0.4, -0.2) is 34.3 Å². The molecule has 3 aromatic rings. The molecule has 1 unspecified atom stereocenters. The van der Waals surface area contributed by atoms with E-state index in [-0.39, 0.29) is 28.5 Å². The summed E-state index contributed by atoms with van der Waals surface area (Å²) < 4.78 is 5.17. The summed E-state index contributed by atoms with van der Waals surface area (Å²) >= 11 is 12.2. The van der Waals surface area contributed by atoms with Crippen molar-refractivity contribution < 1.29 is 24.2 Å². The van der Waals surface area contributed by atoms with Crippen LogP contribution in [0.15, 0.2) is 72.3 Å². The molecule has 0 radical (unpaired) electrons. The molecular formula is C29H25Cl2NO5. The van der Waals surface area contributed by atoms with Crippen molar-refractivity contribution in [1.29, 1.82) is 0 Å². The molecule has 0 aromatic heterocycles. The third-order valence-corrected chi connectivity index (χ3v) is 6.81. The molecule has 0 saturated carbocycles. The minimum atomic E-state index is -0.830. The van der Waals surface area contributed by atoms with Crippen LogP contribution in [0, 0.1) is 6.92 Å². The van der Waals surface area contributed by atoms with E-state index in [0.29, 0.717) is 28.3 Å². The predicted octanol–water partition coefficient (Wildman–Crippen LogP) is 6.49. The van der Waals surface area contributed by atoms with Crippen LogP contribution in [0.3, 0.4) is 0 Å². The van der Waals surface area contributed by atoms with Crippen molar-refractivity contribution in [2.45, 2.75) is 32.9 Å². The minimum Gasteiger partial charge on any atom is -0.507 e. The molecule has 1 atom stereocenters. The number of aliphatic hydroxyl groups excluding tert-OH is 1. The highest BCUT2D eigenvalue weighted by molar-refractivity contribution is 6.46. The Kier molecular flexibility index (Phi) is 8.00. The second-order valence-electron chi connectivity index (χ2n) is 8.80. The Morgan fingerprint density at radius 1 is 0.973 bits per heavy atom. The largest absolute Gasteiger partial charge is 0.507 e. The quantitative estimate of drug-likeness (QED) is 0.161. The Labute approximate surface area is 225 Å². The van der Waals surface area contributed by atoms with Crippen LogP contribution in [0.5, 0.6) is 0 Å². The van der Waals surface area contributed by atoms with Gasteiger partial charge in [-0.15, -0.1) is 0 Å². The molecule has 1 aliphatic rings. The van der Waals surface area contributed by atoms with Gasteiger partial charge in [0.1, 0.15) is 5.76 Å². The average Bonchev–Trinajstić information content (AvgIpc) is 3.13. The van der Waals surface area contributed by atoms with Gasteiger partial charge in [-0.3, -0.25) is 9.59 Å². The van der Waals surface area contributed by atoms with Crippen LogP contribution < -0.4 is 0 Å². The number of halogens is 2. The third-order valence-electron chi connectivity index (χ3n) is 6.07. The lowest BCUT2D eigenvalue weighted by atomic mass is 9.94. The van der Waals surface area contributed by atoms with E-state index in [1.54, 1.807) is 30.3 Å². The van der Waals surface area contributed by atoms with E-state index in [0.717, 1.165) is 12.0 Å². The normalized spacial score (nSPS) is 16.8. The number of benzene rings is 3. The van der Waals surface area contributed by atoms with Gasteiger partial charge in [0.2, 0.25) is 0 Å². The number of likely N-dealkylation sites (tertiary alicyclic amines) is 1. The van der Waals surface area contributed by atoms with E-state index in [2.05, 4.69) is 0 Å². The van der Waals surface area contributed by atoms with E-state index in [4.69, 9.17) is 27.9 Å². The van der Waals surface area contributed by atoms with Crippen molar-refractivity contribution in [3.63, 3.8) is 0 Å². The first-order chi connectivity index (χ1) is 17.7. The Morgan fingerprint density at radius 2 is 1.68 bits per heavy atom. The van der Waals surface area contributed by atoms with Crippen molar-refractivity contribution in [3.05, 3.63) is 110 Å². The van der Waals surface area contributed by atoms with Gasteiger partial charge >= 0.3 is 5.97 Å². The lowest BCUT2D eigenvalue weighted by Gasteiger charge is -2.26. The molecule has 1 saturated heterocycles. The number of ether oxygens (including phenoxy) is 1. The number of hydrogen-bond donors (Lipinski definition) is 1. The first-order valence-corrected chi connectivity index (χ1v) is 12.5. The monoisotopic (exact) mass is 537 g/mol. The average molecular weight is 538 g/mol. The van der Waals surface area contributed by atoms with Gasteiger partial charge in [-0.25, -0.2) is 4.79 Å². The zero-order valence-electron chi connectivity index (χ0n) is 20.3. The van der Waals surface area contributed by atoms with Crippen LogP contribution in [0.1, 0.15) is 52.0 Å². The predicted molar refractivity (Wildman–Crippen MR) is 143 cm³/mol. The van der Waals surface area contributed by atoms with E-state index in [1.165, 1.54) is 17.0 Å². The smallest absolute Gasteiger partial charge is 0.338 e. The summed E-state index contributed by atoms with van der Waals surface area (Å²) in [5, 5.41) is 11.7. The molecule has 3 aromatic carbocycles. The zero-order chi connectivity index (χ0) is 26.7. The molecule has 190 valence electrons. The van der Waals surface area contributed by atoms with Crippen LogP contribution >= 0.6 is 23.2 Å². The first-order valence-electron chi connectivity index (χ1n) is 11.8. The fraction of sp³-hybridized carbons (Fsp3) is 0.207. The van der Waals surface area contributed by atoms with Crippen molar-refractivity contribution in [1.82, 2.24) is 4.90 Å². The molecule has 8 heteroatoms. The van der Waals surface area contributed by atoms with Gasteiger partial charge in [0.05, 0.1) is 33.8 Å². The SMILES string of the molecule is CCCOC(=O)c1ccc(CN2C(=O)C(=O)/C(=C(\O)c3ccc(Cl)c(Cl)c3)C2c2cccc(C)c2)cc1. The molecular weight excluding hydrogens is 513 g/mol. The minimum absolute atomic E-state index is 0.0336. The van der Waals surface area contributed by atoms with Crippen molar-refractivity contribution in [2.24, 2.45) is 0 Å². The van der Waals surface area contributed by atoms with Crippen LogP contribution in [0.25, 0.3) is 5.76 Å². The molecule has 6 nitrogen and oxygen atoms in total. The molecule has 1 fully saturated rings. The molecule has 0 bridgehead atoms. The van der Waals surface area contributed by atoms with Crippen molar-refractivity contribution >= 4 is 46.6 Å². The molecule has 1 aliphatic heterocycles. The fourth-order valence-electron chi connectivity index (χ4n) is 4.25. The van der Waals surface area contributed by atoms with Gasteiger partial charge in [-0.05, 0) is 54.8 Å². The number of nitrogens with zero attached hydrogens (tertiary/aromatic N) is 1. The Morgan fingerprint density at radius 3 is 2.32 bits per heavy atom. The highest BCUT2D eigenvalue weighted by Gasteiger charge is 2.46. The maximum Gasteiger partial charge on any atom is 0.338 e. The summed E-state index contributed by atoms with van der Waals surface area (Å²) in [6, 6.07) is 17.8. The standard InChI is InChI=1S/C29H25Cl2NO5/c1-3-13-37-29(36)19-9-7-18(8-10-19)16-32-25(20-6-4-5-17(2)14-20)24(27(34)28(32)35)26(33)21-11-12-22(30)23(31)15-21/h4-12,14-15,25,33H,3,13,16H2,1-2H3/b26-24-. The topological polar surface area (TPSA) is 83.9 Å². The lowest BCUT2D eigenvalue weighted by molar-refractivity contribution is -0.140. The zero-order valence-corrected chi connectivity index (χ0v) is 21.8. The molecule has 1 N–H and O–H groups in total. The summed E-state index contributed by atoms with van der Waals surface area (Å²) in [5.41, 5.74) is 2.97. The lowest BCUT2D eigenvalue weighted by Crippen LogP contribution is -2.29. The van der Waals surface area contributed by atoms with Gasteiger partial charge in [0, 0.05) is 12.1 Å². The molecule has 0 spiro atoms. The maximum atomic E-state index is 13.3. The van der Waals surface area contributed by atoms with E-state index >= 15 is 0 Å². The summed E-state index contributed by atoms with van der Waals surface area (Å²) in [6.45, 7) is 4.24. The number of ketones is 1. The second-order valence-corrected chi connectivity index (χ2v) is 9.62. The van der Waals surface area contributed by atoms with E-state index in [9.17, 15) is 19.5 Å². The number of carbonyl (C=O) groups excluding carboxylic acids is 3. The highest BCUT2D eigenvalue weighted by Crippen LogP contribution is 2.41. The molecule has 1 heterocycles. The first kappa shape index (κ1) is 26.5. The number of esters is 1. The number of aliphatic hydroxyl groups is 1. The Hall–Kier alpha value is -3.61. The van der Waals surface area contributed by atoms with Crippen molar-refractivity contribution in [3.8, 4) is 0 Å². The highest BCUT2D eigenvalue weighted by atomic mass is 35.5. The molecule has 0 aliphatic carbocycles. The van der Waals surface area contributed by atoms with Gasteiger partial charge in [0.25, 0.3) is 11.7 Å². The number of rotatable bonds is 7. The van der Waals surface area contributed by atoms with Crippen LogP contribution in [-0.2, 0) is 20.9 Å². The molecule has 1 amide bonds. The van der Waals surface area contributed by atoms with Crippen molar-refractivity contribution in [2.75, 3.05) is 6.61 Å². The molecule has 4 rings (SSSR count). The van der Waals surface area contributed by atoms with E-state index < -0.39 is 23.7 Å². The van der Waals surface area contributed by atoms with E-state index in [1.807, 2.05) is 38.1 Å².